The van der Waals surface area contributed by atoms with Crippen molar-refractivity contribution in [2.45, 2.75) is 6.42 Å². The molecule has 3 heteroatoms. The van der Waals surface area contributed by atoms with E-state index in [-0.39, 0.29) is 0 Å². The van der Waals surface area contributed by atoms with Crippen molar-refractivity contribution in [2.24, 2.45) is 0 Å². The second-order valence-corrected chi connectivity index (χ2v) is 4.25. The maximum atomic E-state index is 5.13. The molecule has 0 aromatic heterocycles. The summed E-state index contributed by atoms with van der Waals surface area (Å²) in [5, 5.41) is 0. The SMILES string of the molecule is COc1ccc(CC(=S)SC)cc1. The number of hydrogen-bond donors (Lipinski definition) is 0. The van der Waals surface area contributed by atoms with Crippen LogP contribution in [0.4, 0.5) is 0 Å². The molecule has 13 heavy (non-hydrogen) atoms. The first-order chi connectivity index (χ1) is 6.26. The number of thioether (sulfide) groups is 1. The van der Waals surface area contributed by atoms with Crippen molar-refractivity contribution in [1.29, 1.82) is 0 Å². The number of methoxy groups -OCH3 is 1. The van der Waals surface area contributed by atoms with Gasteiger partial charge in [-0.2, -0.15) is 0 Å². The molecule has 1 aromatic rings. The molecular weight excluding hydrogens is 200 g/mol. The molecule has 0 unspecified atom stereocenters. The van der Waals surface area contributed by atoms with Crippen LogP contribution in [0.25, 0.3) is 0 Å². The van der Waals surface area contributed by atoms with Crippen LogP contribution >= 0.6 is 24.0 Å². The highest BCUT2D eigenvalue weighted by atomic mass is 32.2. The van der Waals surface area contributed by atoms with E-state index in [0.717, 1.165) is 16.4 Å². The maximum Gasteiger partial charge on any atom is 0.118 e. The molecule has 0 fully saturated rings. The van der Waals surface area contributed by atoms with E-state index >= 15 is 0 Å². The minimum absolute atomic E-state index is 0.862. The second-order valence-electron chi connectivity index (χ2n) is 2.60. The number of benzene rings is 1. The van der Waals surface area contributed by atoms with Gasteiger partial charge >= 0.3 is 0 Å². The minimum atomic E-state index is 0.862. The molecule has 0 saturated carbocycles. The summed E-state index contributed by atoms with van der Waals surface area (Å²) in [6, 6.07) is 8.00. The summed E-state index contributed by atoms with van der Waals surface area (Å²) < 4.78 is 6.08. The Hall–Kier alpha value is -0.540. The van der Waals surface area contributed by atoms with Gasteiger partial charge in [-0.3, -0.25) is 0 Å². The lowest BCUT2D eigenvalue weighted by Gasteiger charge is -2.02. The van der Waals surface area contributed by atoms with Crippen molar-refractivity contribution in [3.8, 4) is 5.75 Å². The van der Waals surface area contributed by atoms with E-state index in [0.29, 0.717) is 0 Å². The van der Waals surface area contributed by atoms with Crippen LogP contribution in [0.2, 0.25) is 0 Å². The van der Waals surface area contributed by atoms with Crippen LogP contribution in [0.5, 0.6) is 5.75 Å². The lowest BCUT2D eigenvalue weighted by molar-refractivity contribution is 0.414. The van der Waals surface area contributed by atoms with E-state index in [2.05, 4.69) is 0 Å². The van der Waals surface area contributed by atoms with Crippen LogP contribution in [-0.4, -0.2) is 17.6 Å². The van der Waals surface area contributed by atoms with Gasteiger partial charge in [0.15, 0.2) is 0 Å². The highest BCUT2D eigenvalue weighted by Gasteiger charge is 1.97. The first-order valence-electron chi connectivity index (χ1n) is 3.96. The van der Waals surface area contributed by atoms with E-state index in [1.54, 1.807) is 18.9 Å². The maximum absolute atomic E-state index is 5.13. The molecule has 0 N–H and O–H groups in total. The number of ether oxygens (including phenoxy) is 1. The molecule has 0 aliphatic carbocycles. The van der Waals surface area contributed by atoms with E-state index in [4.69, 9.17) is 17.0 Å². The van der Waals surface area contributed by atoms with Gasteiger partial charge in [0.1, 0.15) is 5.75 Å². The molecule has 1 aromatic carbocycles. The van der Waals surface area contributed by atoms with Crippen molar-refractivity contribution in [2.75, 3.05) is 13.4 Å². The second kappa shape index (κ2) is 5.25. The third-order valence-corrected chi connectivity index (χ3v) is 2.98. The van der Waals surface area contributed by atoms with Gasteiger partial charge in [-0.1, -0.05) is 24.4 Å². The van der Waals surface area contributed by atoms with Gasteiger partial charge in [0.25, 0.3) is 0 Å². The summed E-state index contributed by atoms with van der Waals surface area (Å²) in [6.45, 7) is 0. The number of thiocarbonyl (C=S) groups is 1. The van der Waals surface area contributed by atoms with E-state index in [1.165, 1.54) is 5.56 Å². The fourth-order valence-electron chi connectivity index (χ4n) is 0.982. The highest BCUT2D eigenvalue weighted by Crippen LogP contribution is 2.14. The Morgan fingerprint density at radius 3 is 2.46 bits per heavy atom. The van der Waals surface area contributed by atoms with Crippen molar-refractivity contribution < 1.29 is 4.74 Å². The Bertz CT molecular complexity index is 279. The fraction of sp³-hybridized carbons (Fsp3) is 0.300. The summed E-state index contributed by atoms with van der Waals surface area (Å²) in [6.07, 6.45) is 2.87. The average molecular weight is 212 g/mol. The Morgan fingerprint density at radius 2 is 2.00 bits per heavy atom. The van der Waals surface area contributed by atoms with Gasteiger partial charge in [0.2, 0.25) is 0 Å². The Balaban J connectivity index is 2.64. The van der Waals surface area contributed by atoms with Gasteiger partial charge in [0.05, 0.1) is 11.3 Å². The van der Waals surface area contributed by atoms with Crippen LogP contribution in [0, 0.1) is 0 Å². The molecule has 0 spiro atoms. The summed E-state index contributed by atoms with van der Waals surface area (Å²) in [7, 11) is 1.67. The third-order valence-electron chi connectivity index (χ3n) is 1.74. The smallest absolute Gasteiger partial charge is 0.118 e. The van der Waals surface area contributed by atoms with Crippen LogP contribution in [-0.2, 0) is 6.42 Å². The molecule has 0 radical (unpaired) electrons. The molecule has 1 rings (SSSR count). The lowest BCUT2D eigenvalue weighted by Crippen LogP contribution is -1.93. The molecule has 1 nitrogen and oxygen atoms in total. The van der Waals surface area contributed by atoms with Crippen LogP contribution in [0.1, 0.15) is 5.56 Å². The normalized spacial score (nSPS) is 9.69. The molecule has 0 saturated heterocycles. The molecule has 0 amide bonds. The Morgan fingerprint density at radius 1 is 1.38 bits per heavy atom. The van der Waals surface area contributed by atoms with Gasteiger partial charge in [-0.15, -0.1) is 11.8 Å². The zero-order valence-corrected chi connectivity index (χ0v) is 9.37. The fourth-order valence-corrected chi connectivity index (χ4v) is 1.46. The van der Waals surface area contributed by atoms with Crippen LogP contribution < -0.4 is 4.74 Å². The first kappa shape index (κ1) is 10.5. The van der Waals surface area contributed by atoms with Crippen molar-refractivity contribution >= 4 is 28.2 Å². The van der Waals surface area contributed by atoms with Crippen LogP contribution in [0.15, 0.2) is 24.3 Å². The standard InChI is InChI=1S/C10H12OS2/c1-11-9-5-3-8(4-6-9)7-10(12)13-2/h3-6H,7H2,1-2H3. The summed E-state index contributed by atoms with van der Waals surface area (Å²) in [4.78, 5) is 0. The average Bonchev–Trinajstić information content (AvgIpc) is 2.19. The van der Waals surface area contributed by atoms with Crippen molar-refractivity contribution in [3.63, 3.8) is 0 Å². The van der Waals surface area contributed by atoms with Crippen molar-refractivity contribution in [3.05, 3.63) is 29.8 Å². The molecule has 70 valence electrons. The zero-order valence-electron chi connectivity index (χ0n) is 7.74. The van der Waals surface area contributed by atoms with E-state index in [1.807, 2.05) is 30.5 Å². The molecule has 0 heterocycles. The monoisotopic (exact) mass is 212 g/mol. The zero-order chi connectivity index (χ0) is 9.68. The van der Waals surface area contributed by atoms with E-state index in [9.17, 15) is 0 Å². The minimum Gasteiger partial charge on any atom is -0.497 e. The number of hydrogen-bond acceptors (Lipinski definition) is 3. The van der Waals surface area contributed by atoms with Crippen LogP contribution in [0.3, 0.4) is 0 Å². The molecular formula is C10H12OS2. The highest BCUT2D eigenvalue weighted by molar-refractivity contribution is 8.22. The topological polar surface area (TPSA) is 9.23 Å². The van der Waals surface area contributed by atoms with Gasteiger partial charge in [-0.05, 0) is 24.0 Å². The van der Waals surface area contributed by atoms with E-state index < -0.39 is 0 Å². The largest absolute Gasteiger partial charge is 0.497 e. The Kier molecular flexibility index (Phi) is 4.25. The van der Waals surface area contributed by atoms with Crippen molar-refractivity contribution in [1.82, 2.24) is 0 Å². The van der Waals surface area contributed by atoms with Gasteiger partial charge < -0.3 is 4.74 Å². The third kappa shape index (κ3) is 3.36. The summed E-state index contributed by atoms with van der Waals surface area (Å²) >= 11 is 6.76. The Labute approximate surface area is 88.5 Å². The lowest BCUT2D eigenvalue weighted by atomic mass is 10.2. The summed E-state index contributed by atoms with van der Waals surface area (Å²) in [5.74, 6) is 0.888. The summed E-state index contributed by atoms with van der Waals surface area (Å²) in [5.41, 5.74) is 1.24. The molecule has 0 atom stereocenters. The number of rotatable bonds is 3. The first-order valence-corrected chi connectivity index (χ1v) is 5.59. The van der Waals surface area contributed by atoms with Gasteiger partial charge in [-0.25, -0.2) is 0 Å². The quantitative estimate of drug-likeness (QED) is 0.713. The predicted molar refractivity (Wildman–Crippen MR) is 62.8 cm³/mol. The predicted octanol–water partition coefficient (Wildman–Crippen LogP) is 2.93. The molecule has 0 bridgehead atoms. The molecule has 0 aliphatic rings. The van der Waals surface area contributed by atoms with Gasteiger partial charge in [0, 0.05) is 6.42 Å². The molecule has 0 aliphatic heterocycles.